The number of fused-ring (bicyclic) bond motifs is 1. The van der Waals surface area contributed by atoms with Gasteiger partial charge in [0.1, 0.15) is 24.1 Å². The maximum absolute atomic E-state index is 12.1. The molecular weight excluding hydrogens is 408 g/mol. The predicted octanol–water partition coefficient (Wildman–Crippen LogP) is 3.78. The van der Waals surface area contributed by atoms with Crippen molar-refractivity contribution in [1.82, 2.24) is 20.3 Å². The molecule has 29 heavy (non-hydrogen) atoms. The summed E-state index contributed by atoms with van der Waals surface area (Å²) in [7, 11) is 0. The highest BCUT2D eigenvalue weighted by Crippen LogP contribution is 2.34. The van der Waals surface area contributed by atoms with Gasteiger partial charge in [0.05, 0.1) is 11.8 Å². The Bertz CT molecular complexity index is 1180. The maximum Gasteiger partial charge on any atom is 0.251 e. The van der Waals surface area contributed by atoms with Gasteiger partial charge in [-0.15, -0.1) is 27.8 Å². The fourth-order valence-corrected chi connectivity index (χ4v) is 5.06. The highest BCUT2D eigenvalue weighted by Gasteiger charge is 2.29. The zero-order chi connectivity index (χ0) is 19.8. The van der Waals surface area contributed by atoms with Gasteiger partial charge in [-0.3, -0.25) is 14.9 Å². The summed E-state index contributed by atoms with van der Waals surface area (Å²) >= 11 is 3.24. The molecule has 146 valence electrons. The van der Waals surface area contributed by atoms with E-state index < -0.39 is 6.04 Å². The number of imide groups is 1. The minimum atomic E-state index is -0.518. The third-order valence-electron chi connectivity index (χ3n) is 4.79. The molecule has 1 N–H and O–H groups in total. The molecule has 1 atom stereocenters. The topological polar surface area (TPSA) is 86.1 Å². The Morgan fingerprint density at radius 3 is 3.00 bits per heavy atom. The van der Waals surface area contributed by atoms with Crippen LogP contribution in [0.2, 0.25) is 0 Å². The van der Waals surface area contributed by atoms with Crippen molar-refractivity contribution in [2.45, 2.75) is 25.5 Å². The van der Waals surface area contributed by atoms with Gasteiger partial charge in [-0.2, -0.15) is 0 Å². The predicted molar refractivity (Wildman–Crippen MR) is 111 cm³/mol. The Kier molecular flexibility index (Phi) is 4.61. The number of hydrogen-bond acceptors (Lipinski definition) is 7. The van der Waals surface area contributed by atoms with Crippen molar-refractivity contribution in [2.24, 2.45) is 0 Å². The lowest BCUT2D eigenvalue weighted by atomic mass is 10.1. The number of aromatic nitrogens is 3. The van der Waals surface area contributed by atoms with Crippen LogP contribution in [-0.4, -0.2) is 26.8 Å². The fourth-order valence-electron chi connectivity index (χ4n) is 3.33. The second-order valence-corrected chi connectivity index (χ2v) is 8.65. The summed E-state index contributed by atoms with van der Waals surface area (Å²) in [4.78, 5) is 24.5. The lowest BCUT2D eigenvalue weighted by Crippen LogP contribution is -2.41. The van der Waals surface area contributed by atoms with E-state index >= 15 is 0 Å². The molecule has 4 aromatic rings. The summed E-state index contributed by atoms with van der Waals surface area (Å²) in [6.07, 6.45) is 2.45. The Morgan fingerprint density at radius 2 is 2.14 bits per heavy atom. The first-order valence-corrected chi connectivity index (χ1v) is 10.9. The second-order valence-electron chi connectivity index (χ2n) is 6.74. The SMILES string of the molecule is O=C1CCC(n2cc(-c3cscc3OCc3cc4ccccc4s3)nn2)C(=O)N1. The zero-order valence-electron chi connectivity index (χ0n) is 15.2. The molecule has 0 radical (unpaired) electrons. The molecule has 0 saturated carbocycles. The van der Waals surface area contributed by atoms with Gasteiger partial charge < -0.3 is 4.74 Å². The molecule has 0 spiro atoms. The Hall–Kier alpha value is -3.04. The summed E-state index contributed by atoms with van der Waals surface area (Å²) in [5.74, 6) is 0.147. The van der Waals surface area contributed by atoms with Crippen LogP contribution < -0.4 is 10.1 Å². The standard InChI is InChI=1S/C20H16N4O3S2/c25-19-6-5-16(20(26)21-19)24-8-15(22-23-24)14-10-28-11-17(14)27-9-13-7-12-3-1-2-4-18(12)29-13/h1-4,7-8,10-11,16H,5-6,9H2,(H,21,25,26). The van der Waals surface area contributed by atoms with Crippen LogP contribution in [0.4, 0.5) is 0 Å². The Balaban J connectivity index is 1.33. The van der Waals surface area contributed by atoms with E-state index in [1.54, 1.807) is 17.5 Å². The van der Waals surface area contributed by atoms with Gasteiger partial charge in [0.15, 0.2) is 0 Å². The van der Waals surface area contributed by atoms with E-state index in [1.165, 1.54) is 26.1 Å². The van der Waals surface area contributed by atoms with Gasteiger partial charge in [-0.25, -0.2) is 4.68 Å². The molecule has 5 rings (SSSR count). The molecule has 0 bridgehead atoms. The number of thiophene rings is 2. The molecule has 4 heterocycles. The largest absolute Gasteiger partial charge is 0.486 e. The minimum Gasteiger partial charge on any atom is -0.486 e. The molecule has 3 aromatic heterocycles. The molecule has 1 aromatic carbocycles. The lowest BCUT2D eigenvalue weighted by Gasteiger charge is -2.20. The van der Waals surface area contributed by atoms with Gasteiger partial charge in [-0.05, 0) is 23.9 Å². The van der Waals surface area contributed by atoms with Gasteiger partial charge in [0.2, 0.25) is 5.91 Å². The van der Waals surface area contributed by atoms with Crippen molar-refractivity contribution in [3.63, 3.8) is 0 Å². The first-order chi connectivity index (χ1) is 14.2. The van der Waals surface area contributed by atoms with Crippen LogP contribution in [0.25, 0.3) is 21.3 Å². The second kappa shape index (κ2) is 7.41. The van der Waals surface area contributed by atoms with Crippen LogP contribution >= 0.6 is 22.7 Å². The highest BCUT2D eigenvalue weighted by atomic mass is 32.1. The van der Waals surface area contributed by atoms with Crippen molar-refractivity contribution >= 4 is 44.6 Å². The van der Waals surface area contributed by atoms with Crippen molar-refractivity contribution in [3.05, 3.63) is 52.2 Å². The highest BCUT2D eigenvalue weighted by molar-refractivity contribution is 7.19. The summed E-state index contributed by atoms with van der Waals surface area (Å²) in [6.45, 7) is 0.477. The average Bonchev–Trinajstić information content (AvgIpc) is 3.44. The number of nitrogens with zero attached hydrogens (tertiary/aromatic N) is 3. The monoisotopic (exact) mass is 424 g/mol. The van der Waals surface area contributed by atoms with Crippen LogP contribution in [0.3, 0.4) is 0 Å². The van der Waals surface area contributed by atoms with E-state index in [-0.39, 0.29) is 11.8 Å². The fraction of sp³-hybridized carbons (Fsp3) is 0.200. The number of hydrogen-bond donors (Lipinski definition) is 1. The zero-order valence-corrected chi connectivity index (χ0v) is 16.8. The smallest absolute Gasteiger partial charge is 0.251 e. The summed E-state index contributed by atoms with van der Waals surface area (Å²) in [5, 5.41) is 15.8. The van der Waals surface area contributed by atoms with E-state index in [1.807, 2.05) is 22.9 Å². The van der Waals surface area contributed by atoms with Crippen molar-refractivity contribution in [3.8, 4) is 17.0 Å². The third-order valence-corrected chi connectivity index (χ3v) is 6.60. The van der Waals surface area contributed by atoms with Crippen LogP contribution in [0, 0.1) is 0 Å². The average molecular weight is 425 g/mol. The Labute approximate surface area is 173 Å². The van der Waals surface area contributed by atoms with Gasteiger partial charge in [0.25, 0.3) is 5.91 Å². The number of nitrogens with one attached hydrogen (secondary N) is 1. The number of rotatable bonds is 5. The minimum absolute atomic E-state index is 0.249. The van der Waals surface area contributed by atoms with E-state index in [9.17, 15) is 9.59 Å². The van der Waals surface area contributed by atoms with E-state index in [0.29, 0.717) is 25.1 Å². The van der Waals surface area contributed by atoms with Crippen LogP contribution in [0.15, 0.2) is 47.3 Å². The van der Waals surface area contributed by atoms with Gasteiger partial charge in [-0.1, -0.05) is 23.4 Å². The molecule has 7 nitrogen and oxygen atoms in total. The van der Waals surface area contributed by atoms with Crippen LogP contribution in [0.1, 0.15) is 23.8 Å². The molecular formula is C20H16N4O3S2. The molecule has 1 aliphatic heterocycles. The first-order valence-electron chi connectivity index (χ1n) is 9.10. The van der Waals surface area contributed by atoms with Gasteiger partial charge in [0, 0.05) is 26.8 Å². The molecule has 0 aliphatic carbocycles. The van der Waals surface area contributed by atoms with Crippen molar-refractivity contribution in [2.75, 3.05) is 0 Å². The number of carbonyl (C=O) groups is 2. The van der Waals surface area contributed by atoms with Crippen molar-refractivity contribution < 1.29 is 14.3 Å². The molecule has 9 heteroatoms. The van der Waals surface area contributed by atoms with Crippen molar-refractivity contribution in [1.29, 1.82) is 0 Å². The normalized spacial score (nSPS) is 16.9. The number of piperidine rings is 1. The number of amides is 2. The summed E-state index contributed by atoms with van der Waals surface area (Å²) < 4.78 is 8.82. The number of benzene rings is 1. The van der Waals surface area contributed by atoms with Gasteiger partial charge >= 0.3 is 0 Å². The Morgan fingerprint density at radius 1 is 1.24 bits per heavy atom. The van der Waals surface area contributed by atoms with E-state index in [4.69, 9.17) is 4.74 Å². The molecule has 1 unspecified atom stereocenters. The first kappa shape index (κ1) is 18.0. The molecule has 1 saturated heterocycles. The number of ether oxygens (including phenoxy) is 1. The molecule has 1 aliphatic rings. The lowest BCUT2D eigenvalue weighted by molar-refractivity contribution is -0.136. The third kappa shape index (κ3) is 3.54. The quantitative estimate of drug-likeness (QED) is 0.493. The summed E-state index contributed by atoms with van der Waals surface area (Å²) in [5.41, 5.74) is 1.48. The molecule has 2 amide bonds. The summed E-state index contributed by atoms with van der Waals surface area (Å²) in [6, 6.07) is 9.89. The molecule has 1 fully saturated rings. The van der Waals surface area contributed by atoms with E-state index in [0.717, 1.165) is 16.2 Å². The van der Waals surface area contributed by atoms with Crippen LogP contribution in [-0.2, 0) is 16.2 Å². The maximum atomic E-state index is 12.1. The van der Waals surface area contributed by atoms with E-state index in [2.05, 4.69) is 33.8 Å². The number of carbonyl (C=O) groups excluding carboxylic acids is 2. The van der Waals surface area contributed by atoms with Crippen LogP contribution in [0.5, 0.6) is 5.75 Å².